The van der Waals surface area contributed by atoms with Gasteiger partial charge in [0, 0.05) is 11.4 Å². The monoisotopic (exact) mass is 315 g/mol. The van der Waals surface area contributed by atoms with E-state index in [2.05, 4.69) is 31.2 Å². The number of thiocarbonyl (C=S) groups is 1. The Kier molecular flexibility index (Phi) is 4.20. The average Bonchev–Trinajstić information content (AvgIpc) is 2.77. The van der Waals surface area contributed by atoms with Crippen LogP contribution in [0, 0.1) is 0 Å². The molecule has 2 aromatic heterocycles. The Morgan fingerprint density at radius 2 is 2.44 bits per heavy atom. The summed E-state index contributed by atoms with van der Waals surface area (Å²) in [5.74, 6) is 0.907. The first-order valence-electron chi connectivity index (χ1n) is 4.82. The van der Waals surface area contributed by atoms with Crippen LogP contribution in [0.4, 0.5) is 5.82 Å². The molecular formula is C10H10BrN3S2. The van der Waals surface area contributed by atoms with Crippen LogP contribution in [0.15, 0.2) is 17.8 Å². The number of aromatic nitrogens is 2. The average molecular weight is 316 g/mol. The number of anilines is 1. The first-order valence-corrected chi connectivity index (χ1v) is 7.09. The number of hydrogen-bond acceptors (Lipinski definition) is 5. The van der Waals surface area contributed by atoms with Crippen LogP contribution in [0.1, 0.15) is 6.42 Å². The summed E-state index contributed by atoms with van der Waals surface area (Å²) >= 11 is 9.96. The van der Waals surface area contributed by atoms with Gasteiger partial charge in [-0.05, 0) is 23.2 Å². The van der Waals surface area contributed by atoms with Gasteiger partial charge in [-0.25, -0.2) is 9.97 Å². The third-order valence-corrected chi connectivity index (χ3v) is 4.41. The Morgan fingerprint density at radius 3 is 3.25 bits per heavy atom. The Bertz CT molecular complexity index is 486. The number of hydrogen-bond donors (Lipinski definition) is 1. The highest BCUT2D eigenvalue weighted by molar-refractivity contribution is 9.10. The lowest BCUT2D eigenvalue weighted by atomic mass is 10.3. The van der Waals surface area contributed by atoms with Crippen molar-refractivity contribution in [3.05, 3.63) is 17.8 Å². The van der Waals surface area contributed by atoms with Crippen LogP contribution in [0.2, 0.25) is 0 Å². The van der Waals surface area contributed by atoms with Crippen molar-refractivity contribution in [1.82, 2.24) is 9.97 Å². The van der Waals surface area contributed by atoms with Crippen LogP contribution in [-0.4, -0.2) is 26.7 Å². The van der Waals surface area contributed by atoms with Crippen molar-refractivity contribution >= 4 is 60.9 Å². The second-order valence-electron chi connectivity index (χ2n) is 3.22. The Balaban J connectivity index is 2.04. The maximum Gasteiger partial charge on any atom is 0.147 e. The van der Waals surface area contributed by atoms with Gasteiger partial charge in [-0.1, -0.05) is 28.1 Å². The predicted molar refractivity (Wildman–Crippen MR) is 76.9 cm³/mol. The SMILES string of the molecule is S=CC(Br)CCNc1ncnc2ccsc12. The molecule has 6 heteroatoms. The van der Waals surface area contributed by atoms with Crippen LogP contribution < -0.4 is 5.32 Å². The van der Waals surface area contributed by atoms with E-state index in [1.807, 2.05) is 11.4 Å². The first-order chi connectivity index (χ1) is 7.81. The molecule has 0 aromatic carbocycles. The summed E-state index contributed by atoms with van der Waals surface area (Å²) < 4.78 is 1.11. The molecule has 0 fully saturated rings. The van der Waals surface area contributed by atoms with Gasteiger partial charge in [-0.15, -0.1) is 11.3 Å². The first kappa shape index (κ1) is 11.9. The molecule has 2 rings (SSSR count). The molecule has 3 nitrogen and oxygen atoms in total. The number of thiophene rings is 1. The van der Waals surface area contributed by atoms with Crippen LogP contribution in [0.3, 0.4) is 0 Å². The van der Waals surface area contributed by atoms with Crippen molar-refractivity contribution in [1.29, 1.82) is 0 Å². The summed E-state index contributed by atoms with van der Waals surface area (Å²) in [5.41, 5.74) is 0.993. The lowest BCUT2D eigenvalue weighted by molar-refractivity contribution is 0.945. The molecule has 2 aromatic rings. The molecule has 0 saturated carbocycles. The van der Waals surface area contributed by atoms with Crippen molar-refractivity contribution in [3.8, 4) is 0 Å². The molecule has 0 radical (unpaired) electrons. The molecule has 2 heterocycles. The van der Waals surface area contributed by atoms with E-state index in [0.29, 0.717) is 0 Å². The smallest absolute Gasteiger partial charge is 0.147 e. The summed E-state index contributed by atoms with van der Waals surface area (Å²) in [5, 5.41) is 7.05. The Hall–Kier alpha value is -0.590. The molecule has 0 bridgehead atoms. The van der Waals surface area contributed by atoms with Gasteiger partial charge < -0.3 is 5.32 Å². The molecule has 0 aliphatic rings. The Labute approximate surface area is 111 Å². The fourth-order valence-electron chi connectivity index (χ4n) is 1.31. The zero-order valence-corrected chi connectivity index (χ0v) is 11.6. The van der Waals surface area contributed by atoms with E-state index in [-0.39, 0.29) is 4.83 Å². The quantitative estimate of drug-likeness (QED) is 0.679. The molecule has 0 saturated heterocycles. The van der Waals surface area contributed by atoms with E-state index in [4.69, 9.17) is 12.2 Å². The Morgan fingerprint density at radius 1 is 1.56 bits per heavy atom. The molecule has 84 valence electrons. The topological polar surface area (TPSA) is 37.8 Å². The number of rotatable bonds is 5. The molecule has 0 aliphatic heterocycles. The third kappa shape index (κ3) is 2.75. The molecule has 1 unspecified atom stereocenters. The van der Waals surface area contributed by atoms with Gasteiger partial charge in [-0.3, -0.25) is 0 Å². The second-order valence-corrected chi connectivity index (χ2v) is 5.59. The molecule has 1 atom stereocenters. The molecule has 0 amide bonds. The van der Waals surface area contributed by atoms with E-state index < -0.39 is 0 Å². The molecule has 0 spiro atoms. The van der Waals surface area contributed by atoms with Crippen LogP contribution >= 0.6 is 39.5 Å². The van der Waals surface area contributed by atoms with E-state index in [1.54, 1.807) is 23.0 Å². The number of nitrogens with one attached hydrogen (secondary N) is 1. The summed E-state index contributed by atoms with van der Waals surface area (Å²) in [4.78, 5) is 8.70. The van der Waals surface area contributed by atoms with Gasteiger partial charge in [0.25, 0.3) is 0 Å². The predicted octanol–water partition coefficient (Wildman–Crippen LogP) is 3.26. The summed E-state index contributed by atoms with van der Waals surface area (Å²) in [6.07, 6.45) is 2.53. The lowest BCUT2D eigenvalue weighted by Crippen LogP contribution is -2.09. The van der Waals surface area contributed by atoms with E-state index in [0.717, 1.165) is 29.0 Å². The van der Waals surface area contributed by atoms with Gasteiger partial charge in [-0.2, -0.15) is 0 Å². The number of halogens is 1. The minimum atomic E-state index is 0.274. The van der Waals surface area contributed by atoms with E-state index >= 15 is 0 Å². The third-order valence-electron chi connectivity index (χ3n) is 2.10. The van der Waals surface area contributed by atoms with Crippen molar-refractivity contribution in [2.45, 2.75) is 11.2 Å². The van der Waals surface area contributed by atoms with Crippen molar-refractivity contribution < 1.29 is 0 Å². The molecule has 1 N–H and O–H groups in total. The number of nitrogens with zero attached hydrogens (tertiary/aromatic N) is 2. The van der Waals surface area contributed by atoms with Crippen molar-refractivity contribution in [3.63, 3.8) is 0 Å². The fourth-order valence-corrected chi connectivity index (χ4v) is 2.49. The zero-order chi connectivity index (χ0) is 11.4. The molecular weight excluding hydrogens is 306 g/mol. The summed E-state index contributed by atoms with van der Waals surface area (Å²) in [6.45, 7) is 0.840. The largest absolute Gasteiger partial charge is 0.369 e. The van der Waals surface area contributed by atoms with Crippen LogP contribution in [-0.2, 0) is 0 Å². The highest BCUT2D eigenvalue weighted by Gasteiger charge is 2.05. The van der Waals surface area contributed by atoms with Crippen molar-refractivity contribution in [2.75, 3.05) is 11.9 Å². The highest BCUT2D eigenvalue weighted by Crippen LogP contribution is 2.24. The summed E-state index contributed by atoms with van der Waals surface area (Å²) in [7, 11) is 0. The number of fused-ring (bicyclic) bond motifs is 1. The maximum absolute atomic E-state index is 4.84. The van der Waals surface area contributed by atoms with Gasteiger partial charge >= 0.3 is 0 Å². The van der Waals surface area contributed by atoms with Crippen LogP contribution in [0.25, 0.3) is 10.2 Å². The second kappa shape index (κ2) is 5.65. The summed E-state index contributed by atoms with van der Waals surface area (Å²) in [6, 6.07) is 2.00. The fraction of sp³-hybridized carbons (Fsp3) is 0.300. The molecule has 0 aliphatic carbocycles. The minimum absolute atomic E-state index is 0.274. The van der Waals surface area contributed by atoms with E-state index in [9.17, 15) is 0 Å². The van der Waals surface area contributed by atoms with Crippen molar-refractivity contribution in [2.24, 2.45) is 0 Å². The van der Waals surface area contributed by atoms with E-state index in [1.165, 1.54) is 0 Å². The highest BCUT2D eigenvalue weighted by atomic mass is 79.9. The van der Waals surface area contributed by atoms with Gasteiger partial charge in [0.2, 0.25) is 0 Å². The standard InChI is InChI=1S/C10H10BrN3S2/c11-7(5-15)1-3-12-10-9-8(2-4-16-9)13-6-14-10/h2,4-7H,1,3H2,(H,12,13,14). The van der Waals surface area contributed by atoms with Gasteiger partial charge in [0.15, 0.2) is 0 Å². The zero-order valence-electron chi connectivity index (χ0n) is 8.39. The van der Waals surface area contributed by atoms with Gasteiger partial charge in [0.05, 0.1) is 10.2 Å². The lowest BCUT2D eigenvalue weighted by Gasteiger charge is -2.07. The molecule has 16 heavy (non-hydrogen) atoms. The van der Waals surface area contributed by atoms with Gasteiger partial charge in [0.1, 0.15) is 12.1 Å². The number of alkyl halides is 1. The van der Waals surface area contributed by atoms with Crippen LogP contribution in [0.5, 0.6) is 0 Å². The minimum Gasteiger partial charge on any atom is -0.369 e. The maximum atomic E-state index is 4.84. The normalized spacial score (nSPS) is 12.6.